The Morgan fingerprint density at radius 1 is 1.09 bits per heavy atom. The zero-order valence-electron chi connectivity index (χ0n) is 21.1. The van der Waals surface area contributed by atoms with Gasteiger partial charge in [-0.15, -0.1) is 0 Å². The Kier molecular flexibility index (Phi) is 5.96. The van der Waals surface area contributed by atoms with Crippen LogP contribution in [0.5, 0.6) is 11.5 Å². The van der Waals surface area contributed by atoms with Gasteiger partial charge in [0.05, 0.1) is 0 Å². The highest BCUT2D eigenvalue weighted by Crippen LogP contribution is 2.47. The first kappa shape index (κ1) is 23.9. The second-order valence-electron chi connectivity index (χ2n) is 11.4. The predicted octanol–water partition coefficient (Wildman–Crippen LogP) is 4.97. The summed E-state index contributed by atoms with van der Waals surface area (Å²) < 4.78 is 12.2. The van der Waals surface area contributed by atoms with Gasteiger partial charge in [0.25, 0.3) is 11.7 Å². The molecule has 2 N–H and O–H groups in total. The second kappa shape index (κ2) is 8.71. The number of hydrogen-bond donors (Lipinski definition) is 2. The minimum absolute atomic E-state index is 0.216. The van der Waals surface area contributed by atoms with E-state index in [1.807, 2.05) is 0 Å². The molecule has 0 aromatic heterocycles. The quantitative estimate of drug-likeness (QED) is 0.576. The highest BCUT2D eigenvalue weighted by Gasteiger charge is 2.53. The van der Waals surface area contributed by atoms with E-state index in [-0.39, 0.29) is 17.9 Å². The molecule has 1 aromatic rings. The number of anilines is 1. The minimum Gasteiger partial charge on any atom is -0.448 e. The Balaban J connectivity index is 1.19. The maximum absolute atomic E-state index is 13.3. The van der Waals surface area contributed by atoms with Crippen LogP contribution in [0.3, 0.4) is 0 Å². The maximum atomic E-state index is 13.3. The van der Waals surface area contributed by atoms with Crippen LogP contribution in [-0.2, 0) is 9.59 Å². The highest BCUT2D eigenvalue weighted by atomic mass is 16.7. The van der Waals surface area contributed by atoms with Gasteiger partial charge in [0.1, 0.15) is 12.1 Å². The van der Waals surface area contributed by atoms with Crippen molar-refractivity contribution in [2.24, 2.45) is 11.3 Å². The Morgan fingerprint density at radius 2 is 1.77 bits per heavy atom. The standard InChI is InChI=1S/C27H37N3O5/c1-4-25(2,3)18-10-14-26(15-11-18)23(32)30(24(33)29-26)17-22(31)28-19-8-9-20-21(16-19)35-27(34-20)12-6-5-7-13-27/h8-9,16,18H,4-7,10-15,17H2,1-3H3,(H,28,31)(H,29,33). The van der Waals surface area contributed by atoms with Gasteiger partial charge < -0.3 is 20.1 Å². The Bertz CT molecular complexity index is 1020. The third-order valence-electron chi connectivity index (χ3n) is 8.84. The largest absolute Gasteiger partial charge is 0.448 e. The van der Waals surface area contributed by atoms with Gasteiger partial charge in [0, 0.05) is 24.6 Å². The molecule has 8 nitrogen and oxygen atoms in total. The van der Waals surface area contributed by atoms with Crippen LogP contribution in [0.1, 0.15) is 85.0 Å². The van der Waals surface area contributed by atoms with Crippen molar-refractivity contribution in [3.8, 4) is 11.5 Å². The highest BCUT2D eigenvalue weighted by molar-refractivity contribution is 6.10. The van der Waals surface area contributed by atoms with E-state index in [1.165, 1.54) is 6.42 Å². The van der Waals surface area contributed by atoms with Gasteiger partial charge in [-0.1, -0.05) is 33.6 Å². The molecule has 0 unspecified atom stereocenters. The zero-order chi connectivity index (χ0) is 24.8. The molecule has 2 heterocycles. The van der Waals surface area contributed by atoms with Gasteiger partial charge >= 0.3 is 6.03 Å². The normalized spacial score (nSPS) is 27.4. The summed E-state index contributed by atoms with van der Waals surface area (Å²) in [6.45, 7) is 6.43. The molecule has 2 aliphatic heterocycles. The lowest BCUT2D eigenvalue weighted by molar-refractivity contribution is -0.135. The van der Waals surface area contributed by atoms with Gasteiger partial charge in [-0.2, -0.15) is 0 Å². The van der Waals surface area contributed by atoms with Gasteiger partial charge in [0.2, 0.25) is 5.91 Å². The van der Waals surface area contributed by atoms with E-state index >= 15 is 0 Å². The van der Waals surface area contributed by atoms with Crippen LogP contribution in [0.25, 0.3) is 0 Å². The summed E-state index contributed by atoms with van der Waals surface area (Å²) in [7, 11) is 0. The summed E-state index contributed by atoms with van der Waals surface area (Å²) in [5.41, 5.74) is -0.104. The number of carbonyl (C=O) groups excluding carboxylic acids is 3. The van der Waals surface area contributed by atoms with Crippen molar-refractivity contribution in [1.29, 1.82) is 0 Å². The molecule has 5 rings (SSSR count). The van der Waals surface area contributed by atoms with Crippen LogP contribution in [0.2, 0.25) is 0 Å². The molecule has 3 fully saturated rings. The summed E-state index contributed by atoms with van der Waals surface area (Å²) in [4.78, 5) is 39.8. The molecule has 35 heavy (non-hydrogen) atoms. The lowest BCUT2D eigenvalue weighted by atomic mass is 9.65. The van der Waals surface area contributed by atoms with Crippen molar-refractivity contribution in [3.05, 3.63) is 18.2 Å². The van der Waals surface area contributed by atoms with Gasteiger partial charge in [-0.3, -0.25) is 14.5 Å². The van der Waals surface area contributed by atoms with Gasteiger partial charge in [-0.25, -0.2) is 4.79 Å². The van der Waals surface area contributed by atoms with Crippen molar-refractivity contribution < 1.29 is 23.9 Å². The fraction of sp³-hybridized carbons (Fsp3) is 0.667. The molecule has 2 saturated carbocycles. The van der Waals surface area contributed by atoms with E-state index in [4.69, 9.17) is 9.47 Å². The molecular weight excluding hydrogens is 446 g/mol. The van der Waals surface area contributed by atoms with Crippen LogP contribution >= 0.6 is 0 Å². The van der Waals surface area contributed by atoms with Crippen molar-refractivity contribution in [2.75, 3.05) is 11.9 Å². The number of hydrogen-bond acceptors (Lipinski definition) is 5. The first-order chi connectivity index (χ1) is 16.7. The lowest BCUT2D eigenvalue weighted by Crippen LogP contribution is -2.51. The average Bonchev–Trinajstić information content (AvgIpc) is 3.29. The summed E-state index contributed by atoms with van der Waals surface area (Å²) in [5, 5.41) is 5.72. The van der Waals surface area contributed by atoms with Crippen LogP contribution in [0, 0.1) is 11.3 Å². The average molecular weight is 484 g/mol. The molecule has 1 saturated heterocycles. The topological polar surface area (TPSA) is 97.0 Å². The third kappa shape index (κ3) is 4.36. The van der Waals surface area contributed by atoms with E-state index in [2.05, 4.69) is 31.4 Å². The number of nitrogens with zero attached hydrogens (tertiary/aromatic N) is 1. The van der Waals surface area contributed by atoms with E-state index in [9.17, 15) is 14.4 Å². The first-order valence-corrected chi connectivity index (χ1v) is 13.1. The zero-order valence-corrected chi connectivity index (χ0v) is 21.1. The summed E-state index contributed by atoms with van der Waals surface area (Å²) in [6.07, 6.45) is 9.15. The molecule has 1 aromatic carbocycles. The lowest BCUT2D eigenvalue weighted by Gasteiger charge is -2.42. The summed E-state index contributed by atoms with van der Waals surface area (Å²) >= 11 is 0. The van der Waals surface area contributed by atoms with Crippen molar-refractivity contribution >= 4 is 23.5 Å². The fourth-order valence-electron chi connectivity index (χ4n) is 6.15. The smallest absolute Gasteiger partial charge is 0.325 e. The van der Waals surface area contributed by atoms with Crippen LogP contribution < -0.4 is 20.1 Å². The molecular formula is C27H37N3O5. The number of carbonyl (C=O) groups is 3. The van der Waals surface area contributed by atoms with Crippen molar-refractivity contribution in [3.63, 3.8) is 0 Å². The van der Waals surface area contributed by atoms with Crippen LogP contribution in [-0.4, -0.2) is 40.6 Å². The van der Waals surface area contributed by atoms with E-state index in [0.29, 0.717) is 35.9 Å². The molecule has 4 amide bonds. The van der Waals surface area contributed by atoms with Crippen LogP contribution in [0.4, 0.5) is 10.5 Å². The third-order valence-corrected chi connectivity index (χ3v) is 8.84. The molecule has 0 bridgehead atoms. The Hall–Kier alpha value is -2.77. The molecule has 8 heteroatoms. The predicted molar refractivity (Wildman–Crippen MR) is 131 cm³/mol. The fourth-order valence-corrected chi connectivity index (χ4v) is 6.15. The number of fused-ring (bicyclic) bond motifs is 1. The molecule has 0 atom stereocenters. The Labute approximate surface area is 207 Å². The van der Waals surface area contributed by atoms with Gasteiger partial charge in [-0.05, 0) is 62.0 Å². The molecule has 2 aliphatic carbocycles. The maximum Gasteiger partial charge on any atom is 0.325 e. The number of nitrogens with one attached hydrogen (secondary N) is 2. The van der Waals surface area contributed by atoms with E-state index in [1.54, 1.807) is 18.2 Å². The van der Waals surface area contributed by atoms with Gasteiger partial charge in [0.15, 0.2) is 11.5 Å². The number of benzene rings is 1. The SMILES string of the molecule is CCC(C)(C)C1CCC2(CC1)NC(=O)N(CC(=O)Nc1ccc3c(c1)OC1(CCCCC1)O3)C2=O. The first-order valence-electron chi connectivity index (χ1n) is 13.1. The van der Waals surface area contributed by atoms with Crippen molar-refractivity contribution in [2.45, 2.75) is 96.3 Å². The molecule has 4 aliphatic rings. The van der Waals surface area contributed by atoms with Crippen LogP contribution in [0.15, 0.2) is 18.2 Å². The van der Waals surface area contributed by atoms with E-state index in [0.717, 1.165) is 49.8 Å². The number of rotatable bonds is 5. The minimum atomic E-state index is -0.870. The van der Waals surface area contributed by atoms with Crippen molar-refractivity contribution in [1.82, 2.24) is 10.2 Å². The molecule has 190 valence electrons. The molecule has 2 spiro atoms. The number of imide groups is 1. The van der Waals surface area contributed by atoms with E-state index < -0.39 is 23.3 Å². The number of ether oxygens (including phenoxy) is 2. The summed E-state index contributed by atoms with van der Waals surface area (Å²) in [6, 6.07) is 4.82. The summed E-state index contributed by atoms with van der Waals surface area (Å²) in [5.74, 6) is 0.545. The molecule has 0 radical (unpaired) electrons. The second-order valence-corrected chi connectivity index (χ2v) is 11.4. The monoisotopic (exact) mass is 483 g/mol. The number of urea groups is 1. The Morgan fingerprint density at radius 3 is 2.46 bits per heavy atom. The number of amides is 4.